The molecule has 0 atom stereocenters. The average molecular weight is 766 g/mol. The van der Waals surface area contributed by atoms with Crippen LogP contribution in [-0.4, -0.2) is 43.2 Å². The summed E-state index contributed by atoms with van der Waals surface area (Å²) in [4.78, 5) is 58.7. The molecule has 0 saturated carbocycles. The van der Waals surface area contributed by atoms with Crippen LogP contribution in [0.4, 0.5) is 17.1 Å². The number of nitrogens with two attached hydrogens (primary N) is 1. The van der Waals surface area contributed by atoms with Crippen LogP contribution in [0.2, 0.25) is 5.02 Å². The van der Waals surface area contributed by atoms with Crippen LogP contribution in [0.1, 0.15) is 42.5 Å². The molecule has 0 saturated heterocycles. The van der Waals surface area contributed by atoms with Gasteiger partial charge in [0.05, 0.1) is 38.6 Å². The number of para-hydroxylation sites is 2. The summed E-state index contributed by atoms with van der Waals surface area (Å²) >= 11 is 6.64. The number of rotatable bonds is 10. The van der Waals surface area contributed by atoms with Gasteiger partial charge in [0.15, 0.2) is 0 Å². The Bertz CT molecular complexity index is 2980. The first-order valence-electron chi connectivity index (χ1n) is 17.1. The Labute approximate surface area is 321 Å². The van der Waals surface area contributed by atoms with Gasteiger partial charge in [-0.25, -0.2) is 24.4 Å². The van der Waals surface area contributed by atoms with Crippen molar-refractivity contribution in [3.8, 4) is 22.5 Å². The van der Waals surface area contributed by atoms with Gasteiger partial charge in [-0.1, -0.05) is 66.2 Å². The van der Waals surface area contributed by atoms with Gasteiger partial charge in [0.2, 0.25) is 5.43 Å². The molecule has 276 valence electrons. The lowest BCUT2D eigenvalue weighted by Gasteiger charge is -2.22. The molecule has 0 radical (unpaired) electrons. The number of carbonyl (C=O) groups is 3. The van der Waals surface area contributed by atoms with E-state index in [0.29, 0.717) is 66.5 Å². The second kappa shape index (κ2) is 14.0. The van der Waals surface area contributed by atoms with Crippen molar-refractivity contribution in [2.75, 3.05) is 16.4 Å². The molecule has 8 rings (SSSR count). The number of nitrogens with one attached hydrogen (secondary N) is 2. The maximum Gasteiger partial charge on any atom is 0.354 e. The summed E-state index contributed by atoms with van der Waals surface area (Å²) < 4.78 is 6.69. The third kappa shape index (κ3) is 6.21. The lowest BCUT2D eigenvalue weighted by atomic mass is 9.88. The number of carboxylic acids is 3. The van der Waals surface area contributed by atoms with Crippen LogP contribution in [0.3, 0.4) is 0 Å². The van der Waals surface area contributed by atoms with Crippen molar-refractivity contribution in [3.05, 3.63) is 146 Å². The normalized spacial score (nSPS) is 11.3. The van der Waals surface area contributed by atoms with Crippen molar-refractivity contribution in [1.29, 1.82) is 0 Å². The molecule has 1 aliphatic heterocycles. The van der Waals surface area contributed by atoms with Gasteiger partial charge in [-0.05, 0) is 54.1 Å². The van der Waals surface area contributed by atoms with E-state index < -0.39 is 23.3 Å². The molecule has 7 N–H and O–H groups in total. The molecule has 0 spiro atoms. The molecular weight excluding hydrogens is 738 g/mol. The number of halogens is 1. The summed E-state index contributed by atoms with van der Waals surface area (Å²) in [6, 6.07) is 28.0. The van der Waals surface area contributed by atoms with E-state index in [4.69, 9.17) is 21.8 Å². The number of pyridine rings is 2. The molecule has 2 aromatic heterocycles. The summed E-state index contributed by atoms with van der Waals surface area (Å²) in [7, 11) is 0. The van der Waals surface area contributed by atoms with Gasteiger partial charge in [0.1, 0.15) is 22.7 Å². The predicted octanol–water partition coefficient (Wildman–Crippen LogP) is 8.22. The highest BCUT2D eigenvalue weighted by atomic mass is 35.5. The van der Waals surface area contributed by atoms with Crippen molar-refractivity contribution in [1.82, 2.24) is 9.97 Å². The van der Waals surface area contributed by atoms with E-state index in [9.17, 15) is 34.5 Å². The zero-order valence-electron chi connectivity index (χ0n) is 29.0. The number of aromatic nitrogens is 2. The molecule has 2 aliphatic rings. The Morgan fingerprint density at radius 1 is 0.679 bits per heavy atom. The number of nitrogen functional groups attached to an aromatic ring is 1. The molecule has 0 bridgehead atoms. The lowest BCUT2D eigenvalue weighted by Crippen LogP contribution is -2.17. The van der Waals surface area contributed by atoms with Crippen LogP contribution in [0.15, 0.2) is 112 Å². The number of benzene rings is 5. The van der Waals surface area contributed by atoms with E-state index in [1.165, 1.54) is 24.3 Å². The summed E-state index contributed by atoms with van der Waals surface area (Å²) in [5.41, 5.74) is 9.79. The molecule has 13 nitrogen and oxygen atoms in total. The highest BCUT2D eigenvalue weighted by Crippen LogP contribution is 2.45. The molecule has 0 fully saturated rings. The van der Waals surface area contributed by atoms with E-state index in [2.05, 4.69) is 20.6 Å². The highest BCUT2D eigenvalue weighted by molar-refractivity contribution is 6.31. The molecule has 14 heteroatoms. The first kappa shape index (κ1) is 35.5. The number of nitrogens with zero attached hydrogens (tertiary/aromatic N) is 2. The number of carboxylic acid groups (broad SMARTS) is 3. The smallest absolute Gasteiger partial charge is 0.354 e. The Morgan fingerprint density at radius 3 is 1.86 bits per heavy atom. The van der Waals surface area contributed by atoms with Crippen LogP contribution >= 0.6 is 11.6 Å². The van der Waals surface area contributed by atoms with Gasteiger partial charge >= 0.3 is 17.9 Å². The summed E-state index contributed by atoms with van der Waals surface area (Å²) in [5.74, 6) is -3.44. The Hall–Kier alpha value is -7.51. The maximum atomic E-state index is 13.9. The summed E-state index contributed by atoms with van der Waals surface area (Å²) in [5, 5.41) is 37.7. The van der Waals surface area contributed by atoms with Crippen LogP contribution < -0.4 is 21.8 Å². The standard InChI is InChI=1S/C42H28ClN5O8/c43-28-17-25-34(22-7-1-2-8-23(22)40(50)51)24-13-14-29(44)26(18-45-30-9-3-5-20-11-15-32(41(52)53)47-35(20)30)38(24)56-39(25)27(37(28)49)19-46-31-10-4-6-21-12-16-33(42(54)55)48-36(21)31/h1-17,45-46H,18-19,44H2,(H,50,51)(H,52,53)(H,54,55). The van der Waals surface area contributed by atoms with Gasteiger partial charge in [0, 0.05) is 51.6 Å². The largest absolute Gasteiger partial charge is 0.478 e. The minimum Gasteiger partial charge on any atom is -0.478 e. The van der Waals surface area contributed by atoms with Crippen molar-refractivity contribution >= 4 is 79.3 Å². The quantitative estimate of drug-likeness (QED) is 0.0572. The average Bonchev–Trinajstić information content (AvgIpc) is 3.19. The number of fused-ring (bicyclic) bond motifs is 4. The minimum atomic E-state index is -1.20. The second-order valence-corrected chi connectivity index (χ2v) is 13.3. The van der Waals surface area contributed by atoms with Crippen LogP contribution in [0.25, 0.3) is 55.2 Å². The number of anilines is 3. The SMILES string of the molecule is Nc1ccc2c(-c3ccccc3C(=O)O)c3cc(Cl)c(=O)c(CNc4cccc5ccc(C(=O)O)nc45)c-3oc2c1CNc1cccc2ccc(C(=O)O)nc12. The molecule has 4 aromatic carbocycles. The van der Waals surface area contributed by atoms with Gasteiger partial charge in [-0.15, -0.1) is 0 Å². The van der Waals surface area contributed by atoms with Crippen LogP contribution in [-0.2, 0) is 13.1 Å². The molecule has 3 heterocycles. The molecule has 6 aromatic rings. The van der Waals surface area contributed by atoms with E-state index >= 15 is 0 Å². The zero-order valence-corrected chi connectivity index (χ0v) is 29.7. The second-order valence-electron chi connectivity index (χ2n) is 12.8. The van der Waals surface area contributed by atoms with E-state index in [1.807, 2.05) is 0 Å². The molecular formula is C42H28ClN5O8. The van der Waals surface area contributed by atoms with E-state index in [0.717, 1.165) is 0 Å². The van der Waals surface area contributed by atoms with E-state index in [-0.39, 0.29) is 52.0 Å². The fourth-order valence-electron chi connectivity index (χ4n) is 6.88. The van der Waals surface area contributed by atoms with Crippen molar-refractivity contribution < 1.29 is 34.1 Å². The third-order valence-electron chi connectivity index (χ3n) is 9.54. The van der Waals surface area contributed by atoms with Gasteiger partial charge in [-0.2, -0.15) is 0 Å². The first-order chi connectivity index (χ1) is 27.0. The summed E-state index contributed by atoms with van der Waals surface area (Å²) in [6.45, 7) is -0.0955. The van der Waals surface area contributed by atoms with Crippen molar-refractivity contribution in [3.63, 3.8) is 0 Å². The van der Waals surface area contributed by atoms with Crippen LogP contribution in [0, 0.1) is 0 Å². The van der Waals surface area contributed by atoms with E-state index in [1.54, 1.807) is 78.9 Å². The fourth-order valence-corrected chi connectivity index (χ4v) is 7.10. The number of hydrogen-bond acceptors (Lipinski definition) is 10. The van der Waals surface area contributed by atoms with Crippen molar-refractivity contribution in [2.45, 2.75) is 13.1 Å². The molecule has 0 unspecified atom stereocenters. The molecule has 1 aliphatic carbocycles. The summed E-state index contributed by atoms with van der Waals surface area (Å²) in [6.07, 6.45) is 0. The number of hydrogen-bond donors (Lipinski definition) is 6. The lowest BCUT2D eigenvalue weighted by molar-refractivity contribution is 0.0680. The first-order valence-corrected chi connectivity index (χ1v) is 17.4. The number of aromatic carboxylic acids is 3. The predicted molar refractivity (Wildman–Crippen MR) is 213 cm³/mol. The Kier molecular flexibility index (Phi) is 8.91. The maximum absolute atomic E-state index is 13.9. The third-order valence-corrected chi connectivity index (χ3v) is 9.82. The monoisotopic (exact) mass is 765 g/mol. The molecule has 0 amide bonds. The van der Waals surface area contributed by atoms with Crippen LogP contribution in [0.5, 0.6) is 0 Å². The van der Waals surface area contributed by atoms with Gasteiger partial charge in [-0.3, -0.25) is 4.79 Å². The minimum absolute atomic E-state index is 0.00748. The Morgan fingerprint density at radius 2 is 1.27 bits per heavy atom. The Balaban J connectivity index is 1.33. The highest BCUT2D eigenvalue weighted by Gasteiger charge is 2.28. The van der Waals surface area contributed by atoms with Crippen molar-refractivity contribution in [2.24, 2.45) is 0 Å². The molecule has 56 heavy (non-hydrogen) atoms. The van der Waals surface area contributed by atoms with Gasteiger partial charge in [0.25, 0.3) is 0 Å². The topological polar surface area (TPSA) is 218 Å². The zero-order chi connectivity index (χ0) is 39.2. The van der Waals surface area contributed by atoms with Gasteiger partial charge < -0.3 is 36.1 Å². The fraction of sp³-hybridized carbons (Fsp3) is 0.0476.